The lowest BCUT2D eigenvalue weighted by Crippen LogP contribution is -2.71. The first-order valence-corrected chi connectivity index (χ1v) is 50.3. The number of allylic oxidation sites excluding steroid dienone is 1. The Morgan fingerprint density at radius 2 is 0.727 bits per heavy atom. The average Bonchev–Trinajstić information content (AvgIpc) is 0.754. The molecule has 7 saturated heterocycles. The average molecular weight is 2010 g/mol. The van der Waals surface area contributed by atoms with Crippen molar-refractivity contribution in [3.8, 4) is 0 Å². The molecule has 0 aliphatic carbocycles. The Morgan fingerprint density at radius 1 is 0.381 bits per heavy atom. The van der Waals surface area contributed by atoms with E-state index in [1.54, 1.807) is 6.08 Å². The van der Waals surface area contributed by atoms with Crippen molar-refractivity contribution in [3.05, 3.63) is 12.2 Å². The van der Waals surface area contributed by atoms with E-state index in [0.717, 1.165) is 65.2 Å². The number of nitrogens with one attached hydrogen (secondary N) is 4. The van der Waals surface area contributed by atoms with Crippen LogP contribution in [-0.4, -0.2) is 439 Å². The van der Waals surface area contributed by atoms with Gasteiger partial charge in [0.25, 0.3) is 5.79 Å². The standard InChI is InChI=1S/C93H166N4O42/c1-5-7-9-11-13-15-17-19-20-21-22-23-24-25-26-28-30-32-34-36-38-40-63(111)96-53(54(108)39-37-35-33-31-29-27-18-16-14-12-10-8-6-2)50-126-88-75(120)74(119)81(62(48-104)132-88)135-90-77(122)84(70(115)58(44-100)128-90)137-86-66(94-51(3)106)72(117)79(60(46-102)130-86)133-89-76(121)83(69(114)57(43-99)127-89)136-87-67(95-52(4)107)73(118)80(61(47-103)131-87)134-91-78(123)85(71(116)59(45-101)129-91)139-93(92(124)125)41-55(109)65(97-64(112)49-105)82(138-93)68(113)56(110)42-98/h37,39,53-62,65-91,98-105,108-110,113-123H,5-36,38,40-50H2,1-4H3,(H,94,106)(H,95,107)(H,96,111)(H,97,112)(H,124,125)/b39-37+/t53-,54+,55?,56+,57?,58?,59?,60?,61?,62?,65+,66?,67?,68+,69-,70-,71-,72+,73+,74+,75?,76?,77?,78?,79+,80+,81+,82?,83-,84-,85-,86-,87-,88+,89-,90-,91-,93-/m0/s1. The van der Waals surface area contributed by atoms with Crippen LogP contribution in [0.15, 0.2) is 12.2 Å². The lowest BCUT2D eigenvalue weighted by Gasteiger charge is -2.51. The maximum atomic E-state index is 13.7. The highest BCUT2D eigenvalue weighted by molar-refractivity contribution is 5.78. The molecule has 7 rings (SSSR count). The molecular weight excluding hydrogens is 1850 g/mol. The smallest absolute Gasteiger partial charge is 0.364 e. The van der Waals surface area contributed by atoms with Gasteiger partial charge < -0.3 is 205 Å². The number of amides is 4. The molecule has 14 unspecified atom stereocenters. The molecule has 7 aliphatic rings. The van der Waals surface area contributed by atoms with Crippen LogP contribution >= 0.6 is 0 Å². The second kappa shape index (κ2) is 64.0. The van der Waals surface area contributed by atoms with E-state index in [1.807, 2.05) is 6.08 Å². The Labute approximate surface area is 811 Å². The zero-order valence-electron chi connectivity index (χ0n) is 80.7. The predicted molar refractivity (Wildman–Crippen MR) is 484 cm³/mol. The van der Waals surface area contributed by atoms with E-state index in [4.69, 9.17) is 66.3 Å². The van der Waals surface area contributed by atoms with E-state index in [-0.39, 0.29) is 12.3 Å². The maximum Gasteiger partial charge on any atom is 0.364 e. The first-order valence-electron chi connectivity index (χ1n) is 50.3. The quantitative estimate of drug-likeness (QED) is 0.0204. The van der Waals surface area contributed by atoms with Gasteiger partial charge in [0.1, 0.15) is 171 Å². The second-order valence-corrected chi connectivity index (χ2v) is 37.8. The number of aliphatic hydroxyl groups excluding tert-OH is 22. The SMILES string of the molecule is CCCCCCCCCCCCC/C=C/[C@@H](O)[C@H](CO[C@@H]1OC(CO)[C@@H](O[C@@H]2OC(CO)[C@H](O)[C@H](O[C@@H]3OC(CO)[C@@H](O[C@@H]4OC(CO)[C@H](O)[C@H](O[C@@H]5OC(CO)[C@@H](O[C@@H]6OC(CO)[C@H](O)[C@H](O[C@]7(C(=O)O)CC(O)[C@@H](NC(=O)CO)C([C@H](O)[C@H](O)CO)O7)C6O)[C@H](O)C5NC(C)=O)C4O)[C@H](O)C3NC(C)=O)C2O)[C@H](O)C1O)NC(=O)CCCCCCCCCCCCCCCCCCCCCCC. The number of hydrogen-bond donors (Lipinski definition) is 27. The molecule has 7 heterocycles. The normalized spacial score (nSPS) is 36.0. The van der Waals surface area contributed by atoms with E-state index < -0.39 is 322 Å². The van der Waals surface area contributed by atoms with Crippen molar-refractivity contribution in [3.63, 3.8) is 0 Å². The fourth-order valence-electron chi connectivity index (χ4n) is 18.8. The number of carbonyl (C=O) groups excluding carboxylic acids is 4. The van der Waals surface area contributed by atoms with Crippen LogP contribution in [0.2, 0.25) is 0 Å². The molecule has 0 radical (unpaired) electrons. The molecule has 4 amide bonds. The lowest BCUT2D eigenvalue weighted by molar-refractivity contribution is -0.391. The van der Waals surface area contributed by atoms with Gasteiger partial charge in [-0.3, -0.25) is 19.2 Å². The highest BCUT2D eigenvalue weighted by Gasteiger charge is 2.63. The minimum absolute atomic E-state index is 0.151. The van der Waals surface area contributed by atoms with Crippen LogP contribution in [0.1, 0.15) is 252 Å². The van der Waals surface area contributed by atoms with E-state index in [1.165, 1.54) is 148 Å². The number of carboxylic acids is 1. The van der Waals surface area contributed by atoms with Crippen LogP contribution in [0.25, 0.3) is 0 Å². The topological polar surface area (TPSA) is 728 Å². The third kappa shape index (κ3) is 36.6. The van der Waals surface area contributed by atoms with Crippen LogP contribution < -0.4 is 21.3 Å². The molecule has 0 aromatic carbocycles. The summed E-state index contributed by atoms with van der Waals surface area (Å²) in [5, 5.41) is 267. The number of carboxylic acid groups (broad SMARTS) is 1. The maximum absolute atomic E-state index is 13.7. The molecule has 139 heavy (non-hydrogen) atoms. The third-order valence-corrected chi connectivity index (χ3v) is 26.8. The zero-order chi connectivity index (χ0) is 102. The Morgan fingerprint density at radius 3 is 1.09 bits per heavy atom. The van der Waals surface area contributed by atoms with Crippen molar-refractivity contribution < 1.29 is 208 Å². The van der Waals surface area contributed by atoms with Gasteiger partial charge >= 0.3 is 5.97 Å². The molecular formula is C93H166N4O42. The number of unbranched alkanes of at least 4 members (excludes halogenated alkanes) is 31. The van der Waals surface area contributed by atoms with Gasteiger partial charge in [-0.25, -0.2) is 4.79 Å². The number of aliphatic carboxylic acids is 1. The number of ether oxygens (including phenoxy) is 14. The van der Waals surface area contributed by atoms with Gasteiger partial charge in [0, 0.05) is 26.7 Å². The summed E-state index contributed by atoms with van der Waals surface area (Å²) in [5.41, 5.74) is 0. The summed E-state index contributed by atoms with van der Waals surface area (Å²) in [6, 6.07) is -6.86. The van der Waals surface area contributed by atoms with Crippen LogP contribution in [0.5, 0.6) is 0 Å². The van der Waals surface area contributed by atoms with E-state index in [2.05, 4.69) is 35.1 Å². The molecule has 46 nitrogen and oxygen atoms in total. The monoisotopic (exact) mass is 2010 g/mol. The Kier molecular flexibility index (Phi) is 56.0. The van der Waals surface area contributed by atoms with Crippen LogP contribution in [0, 0.1) is 0 Å². The molecule has 7 aliphatic heterocycles. The van der Waals surface area contributed by atoms with Gasteiger partial charge in [0.15, 0.2) is 37.7 Å². The van der Waals surface area contributed by atoms with E-state index in [0.29, 0.717) is 12.8 Å². The van der Waals surface area contributed by atoms with Gasteiger partial charge in [-0.15, -0.1) is 0 Å². The second-order valence-electron chi connectivity index (χ2n) is 37.8. The summed E-state index contributed by atoms with van der Waals surface area (Å²) < 4.78 is 83.0. The summed E-state index contributed by atoms with van der Waals surface area (Å²) >= 11 is 0. The minimum Gasteiger partial charge on any atom is -0.477 e. The highest BCUT2D eigenvalue weighted by Crippen LogP contribution is 2.42. The molecule has 810 valence electrons. The van der Waals surface area contributed by atoms with Crippen LogP contribution in [-0.2, 0) is 90.3 Å². The van der Waals surface area contributed by atoms with Gasteiger partial charge in [-0.1, -0.05) is 219 Å². The van der Waals surface area contributed by atoms with Gasteiger partial charge in [0.05, 0.1) is 77.1 Å². The molecule has 0 aromatic rings. The predicted octanol–water partition coefficient (Wildman–Crippen LogP) is -3.94. The molecule has 0 aromatic heterocycles. The summed E-state index contributed by atoms with van der Waals surface area (Å²) in [4.78, 5) is 65.3. The zero-order valence-corrected chi connectivity index (χ0v) is 80.7. The van der Waals surface area contributed by atoms with Crippen molar-refractivity contribution in [2.24, 2.45) is 0 Å². The first kappa shape index (κ1) is 122. The number of hydrogen-bond acceptors (Lipinski definition) is 41. The number of aliphatic hydroxyl groups is 22. The third-order valence-electron chi connectivity index (χ3n) is 26.8. The van der Waals surface area contributed by atoms with Crippen molar-refractivity contribution in [2.45, 2.75) is 485 Å². The Hall–Kier alpha value is -4.35. The van der Waals surface area contributed by atoms with Crippen LogP contribution in [0.3, 0.4) is 0 Å². The van der Waals surface area contributed by atoms with E-state index >= 15 is 0 Å². The van der Waals surface area contributed by atoms with Crippen molar-refractivity contribution in [1.82, 2.24) is 21.3 Å². The number of rotatable bonds is 66. The first-order chi connectivity index (χ1) is 66.7. The van der Waals surface area contributed by atoms with Gasteiger partial charge in [-0.2, -0.15) is 0 Å². The Balaban J connectivity index is 0.984. The lowest BCUT2D eigenvalue weighted by atomic mass is 9.88. The molecule has 7 fully saturated rings. The Bertz CT molecular complexity index is 3430. The fraction of sp³-hybridized carbons (Fsp3) is 0.925. The van der Waals surface area contributed by atoms with Gasteiger partial charge in [-0.05, 0) is 19.3 Å². The molecule has 27 N–H and O–H groups in total. The minimum atomic E-state index is -3.31. The van der Waals surface area contributed by atoms with Crippen LogP contribution in [0.4, 0.5) is 0 Å². The number of carbonyl (C=O) groups is 5. The van der Waals surface area contributed by atoms with Crippen molar-refractivity contribution in [1.29, 1.82) is 0 Å². The van der Waals surface area contributed by atoms with Gasteiger partial charge in [0.2, 0.25) is 23.6 Å². The summed E-state index contributed by atoms with van der Waals surface area (Å²) in [5.74, 6) is -8.92. The van der Waals surface area contributed by atoms with Crippen molar-refractivity contribution >= 4 is 29.6 Å². The van der Waals surface area contributed by atoms with Crippen molar-refractivity contribution in [2.75, 3.05) is 59.5 Å². The summed E-state index contributed by atoms with van der Waals surface area (Å²) in [6.07, 6.45) is -27.8. The summed E-state index contributed by atoms with van der Waals surface area (Å²) in [6.45, 7) is -3.28. The fourth-order valence-corrected chi connectivity index (χ4v) is 18.8. The summed E-state index contributed by atoms with van der Waals surface area (Å²) in [7, 11) is 0. The molecule has 0 bridgehead atoms. The highest BCUT2D eigenvalue weighted by atomic mass is 16.8. The largest absolute Gasteiger partial charge is 0.477 e. The van der Waals surface area contributed by atoms with E-state index in [9.17, 15) is 141 Å². The molecule has 46 heteroatoms. The molecule has 0 saturated carbocycles. The molecule has 38 atom stereocenters. The molecule has 0 spiro atoms.